The molecule has 0 spiro atoms. The van der Waals surface area contributed by atoms with Crippen LogP contribution in [0.5, 0.6) is 0 Å². The van der Waals surface area contributed by atoms with E-state index >= 15 is 0 Å². The lowest BCUT2D eigenvalue weighted by Gasteiger charge is -2.08. The molecule has 0 aromatic heterocycles. The van der Waals surface area contributed by atoms with E-state index in [0.29, 0.717) is 28.6 Å². The van der Waals surface area contributed by atoms with Gasteiger partial charge in [-0.1, -0.05) is 52.5 Å². The molecule has 21 heavy (non-hydrogen) atoms. The fraction of sp³-hybridized carbons (Fsp3) is 0.250. The third kappa shape index (κ3) is 6.98. The van der Waals surface area contributed by atoms with Crippen LogP contribution in [0.3, 0.4) is 0 Å². The highest BCUT2D eigenvalue weighted by Gasteiger charge is 2.07. The van der Waals surface area contributed by atoms with Gasteiger partial charge in [0.15, 0.2) is 0 Å². The first-order chi connectivity index (χ1) is 9.91. The molecule has 0 saturated carbocycles. The summed E-state index contributed by atoms with van der Waals surface area (Å²) in [7, 11) is 0. The number of amides is 2. The van der Waals surface area contributed by atoms with Crippen LogP contribution in [0.1, 0.15) is 5.56 Å². The number of benzene rings is 1. The first-order valence-electron chi connectivity index (χ1n) is 5.68. The zero-order valence-corrected chi connectivity index (χ0v) is 14.4. The highest BCUT2D eigenvalue weighted by Crippen LogP contribution is 2.23. The minimum atomic E-state index is -0.525. The van der Waals surface area contributed by atoms with Gasteiger partial charge in [0, 0.05) is 28.6 Å². The Bertz CT molecular complexity index is 518. The highest BCUT2D eigenvalue weighted by atomic mass is 35.5. The molecule has 0 aliphatic rings. The van der Waals surface area contributed by atoms with Crippen molar-refractivity contribution in [2.45, 2.75) is 5.75 Å². The van der Waals surface area contributed by atoms with E-state index in [4.69, 9.17) is 46.4 Å². The number of hydrogen-bond acceptors (Lipinski definition) is 2. The lowest BCUT2D eigenvalue weighted by atomic mass is 10.2. The molecule has 0 heterocycles. The standard InChI is InChI=1S/C12H11Cl4FN2OS/c13-8-2-1-3-9(17)7(8)6-21-5-4-18-12(20)19-11(16)10(14)15/h1-3H,4-6H2,(H2,18,19,20). The Hall–Kier alpha value is -0.330. The molecule has 0 fully saturated rings. The van der Waals surface area contributed by atoms with Crippen molar-refractivity contribution in [1.29, 1.82) is 0 Å². The fourth-order valence-electron chi connectivity index (χ4n) is 1.27. The summed E-state index contributed by atoms with van der Waals surface area (Å²) >= 11 is 23.6. The molecule has 116 valence electrons. The van der Waals surface area contributed by atoms with Gasteiger partial charge >= 0.3 is 6.03 Å². The SMILES string of the molecule is O=C(NCCSCc1c(F)cccc1Cl)NC(Cl)=C(Cl)Cl. The van der Waals surface area contributed by atoms with Gasteiger partial charge in [-0.05, 0) is 12.1 Å². The predicted molar refractivity (Wildman–Crippen MR) is 88.7 cm³/mol. The van der Waals surface area contributed by atoms with Gasteiger partial charge in [-0.15, -0.1) is 0 Å². The van der Waals surface area contributed by atoms with E-state index in [9.17, 15) is 9.18 Å². The second-order valence-corrected chi connectivity index (χ2v) is 6.55. The van der Waals surface area contributed by atoms with E-state index in [-0.39, 0.29) is 15.5 Å². The Morgan fingerprint density at radius 3 is 2.62 bits per heavy atom. The van der Waals surface area contributed by atoms with Crippen molar-refractivity contribution >= 4 is 64.2 Å². The number of carbonyl (C=O) groups excluding carboxylic acids is 1. The summed E-state index contributed by atoms with van der Waals surface area (Å²) in [5.41, 5.74) is 0.452. The van der Waals surface area contributed by atoms with Crippen LogP contribution in [0, 0.1) is 5.82 Å². The zero-order chi connectivity index (χ0) is 15.8. The molecule has 3 nitrogen and oxygen atoms in total. The molecule has 1 aromatic rings. The Morgan fingerprint density at radius 2 is 2.00 bits per heavy atom. The largest absolute Gasteiger partial charge is 0.337 e. The van der Waals surface area contributed by atoms with Crippen LogP contribution in [0.2, 0.25) is 5.02 Å². The van der Waals surface area contributed by atoms with Crippen molar-refractivity contribution in [3.05, 3.63) is 44.3 Å². The van der Waals surface area contributed by atoms with Crippen molar-refractivity contribution in [1.82, 2.24) is 10.6 Å². The average molecular weight is 392 g/mol. The summed E-state index contributed by atoms with van der Waals surface area (Å²) in [5.74, 6) is 0.658. The molecule has 1 rings (SSSR count). The number of thioether (sulfide) groups is 1. The summed E-state index contributed by atoms with van der Waals surface area (Å²) in [6.07, 6.45) is 0. The quantitative estimate of drug-likeness (QED) is 0.537. The summed E-state index contributed by atoms with van der Waals surface area (Å²) in [4.78, 5) is 11.4. The minimum absolute atomic E-state index is 0.151. The maximum atomic E-state index is 13.5. The summed E-state index contributed by atoms with van der Waals surface area (Å²) in [6, 6.07) is 4.02. The molecule has 0 atom stereocenters. The van der Waals surface area contributed by atoms with Gasteiger partial charge in [0.1, 0.15) is 15.5 Å². The van der Waals surface area contributed by atoms with Crippen molar-refractivity contribution in [2.24, 2.45) is 0 Å². The fourth-order valence-corrected chi connectivity index (χ4v) is 2.65. The Kier molecular flexibility index (Phi) is 8.59. The van der Waals surface area contributed by atoms with Gasteiger partial charge < -0.3 is 5.32 Å². The molecule has 2 amide bonds. The van der Waals surface area contributed by atoms with Gasteiger partial charge in [-0.3, -0.25) is 5.32 Å². The first-order valence-corrected chi connectivity index (χ1v) is 8.34. The van der Waals surface area contributed by atoms with E-state index in [1.54, 1.807) is 12.1 Å². The van der Waals surface area contributed by atoms with Crippen molar-refractivity contribution in [2.75, 3.05) is 12.3 Å². The molecule has 0 radical (unpaired) electrons. The molecule has 0 saturated heterocycles. The maximum absolute atomic E-state index is 13.5. The van der Waals surface area contributed by atoms with Crippen molar-refractivity contribution < 1.29 is 9.18 Å². The molecular formula is C12H11Cl4FN2OS. The number of carbonyl (C=O) groups is 1. The highest BCUT2D eigenvalue weighted by molar-refractivity contribution is 7.98. The zero-order valence-electron chi connectivity index (χ0n) is 10.6. The Balaban J connectivity index is 2.26. The summed E-state index contributed by atoms with van der Waals surface area (Å²) < 4.78 is 13.3. The molecule has 1 aromatic carbocycles. The number of urea groups is 1. The van der Waals surface area contributed by atoms with Crippen LogP contribution in [-0.4, -0.2) is 18.3 Å². The van der Waals surface area contributed by atoms with E-state index in [1.165, 1.54) is 17.8 Å². The van der Waals surface area contributed by atoms with Crippen molar-refractivity contribution in [3.8, 4) is 0 Å². The normalized spacial score (nSPS) is 10.1. The molecular weight excluding hydrogens is 381 g/mol. The van der Waals surface area contributed by atoms with Crippen LogP contribution >= 0.6 is 58.2 Å². The lowest BCUT2D eigenvalue weighted by molar-refractivity contribution is 0.244. The van der Waals surface area contributed by atoms with Crippen molar-refractivity contribution in [3.63, 3.8) is 0 Å². The van der Waals surface area contributed by atoms with Crippen LogP contribution in [-0.2, 0) is 5.75 Å². The van der Waals surface area contributed by atoms with Gasteiger partial charge in [0.2, 0.25) is 0 Å². The monoisotopic (exact) mass is 390 g/mol. The molecule has 9 heteroatoms. The summed E-state index contributed by atoms with van der Waals surface area (Å²) in [6.45, 7) is 0.368. The van der Waals surface area contributed by atoms with Crippen LogP contribution in [0.15, 0.2) is 27.8 Å². The average Bonchev–Trinajstić information content (AvgIpc) is 2.41. The molecule has 0 aliphatic heterocycles. The second-order valence-electron chi connectivity index (χ2n) is 3.71. The molecule has 0 unspecified atom stereocenters. The maximum Gasteiger partial charge on any atom is 0.319 e. The van der Waals surface area contributed by atoms with Crippen LogP contribution in [0.25, 0.3) is 0 Å². The lowest BCUT2D eigenvalue weighted by Crippen LogP contribution is -2.35. The second kappa shape index (κ2) is 9.64. The van der Waals surface area contributed by atoms with E-state index in [1.807, 2.05) is 0 Å². The van der Waals surface area contributed by atoms with Crippen LogP contribution < -0.4 is 10.6 Å². The van der Waals surface area contributed by atoms with E-state index in [2.05, 4.69) is 10.6 Å². The molecule has 0 bridgehead atoms. The Labute approximate surface area is 146 Å². The molecule has 0 aliphatic carbocycles. The number of hydrogen-bond donors (Lipinski definition) is 2. The number of nitrogens with one attached hydrogen (secondary N) is 2. The first kappa shape index (κ1) is 18.7. The number of halogens is 5. The molecule has 2 N–H and O–H groups in total. The third-order valence-electron chi connectivity index (χ3n) is 2.23. The van der Waals surface area contributed by atoms with Gasteiger partial charge in [0.05, 0.1) is 0 Å². The summed E-state index contributed by atoms with van der Waals surface area (Å²) in [5, 5.41) is 5.04. The topological polar surface area (TPSA) is 41.1 Å². The van der Waals surface area contributed by atoms with Gasteiger partial charge in [0.25, 0.3) is 0 Å². The third-order valence-corrected chi connectivity index (χ3v) is 4.42. The Morgan fingerprint density at radius 1 is 1.29 bits per heavy atom. The van der Waals surface area contributed by atoms with E-state index in [0.717, 1.165) is 0 Å². The van der Waals surface area contributed by atoms with Gasteiger partial charge in [-0.2, -0.15) is 11.8 Å². The number of rotatable bonds is 6. The van der Waals surface area contributed by atoms with Crippen LogP contribution in [0.4, 0.5) is 9.18 Å². The predicted octanol–water partition coefficient (Wildman–Crippen LogP) is 4.85. The van der Waals surface area contributed by atoms with Gasteiger partial charge in [-0.25, -0.2) is 9.18 Å². The van der Waals surface area contributed by atoms with E-state index < -0.39 is 6.03 Å². The minimum Gasteiger partial charge on any atom is -0.337 e. The smallest absolute Gasteiger partial charge is 0.319 e.